The Morgan fingerprint density at radius 3 is 2.79 bits per heavy atom. The molecule has 1 aliphatic rings. The van der Waals surface area contributed by atoms with Gasteiger partial charge in [0.2, 0.25) is 5.91 Å². The maximum atomic E-state index is 12.6. The molecular formula is C19H29F2N5O2. The number of primary amides is 1. The molecule has 0 radical (unpaired) electrons. The van der Waals surface area contributed by atoms with Crippen molar-refractivity contribution >= 4 is 17.6 Å². The first-order valence-corrected chi connectivity index (χ1v) is 9.36. The minimum atomic E-state index is -2.86. The van der Waals surface area contributed by atoms with Crippen molar-refractivity contribution in [2.24, 2.45) is 16.1 Å². The molecule has 4 N–H and O–H groups in total. The van der Waals surface area contributed by atoms with E-state index in [0.29, 0.717) is 31.3 Å². The van der Waals surface area contributed by atoms with Gasteiger partial charge in [-0.05, 0) is 39.3 Å². The van der Waals surface area contributed by atoms with Crippen LogP contribution in [-0.4, -0.2) is 50.7 Å². The maximum Gasteiger partial charge on any atom is 0.387 e. The zero-order chi connectivity index (χ0) is 20.7. The van der Waals surface area contributed by atoms with E-state index in [0.717, 1.165) is 6.42 Å². The van der Waals surface area contributed by atoms with Crippen LogP contribution in [0.2, 0.25) is 0 Å². The highest BCUT2D eigenvalue weighted by Crippen LogP contribution is 2.31. The molecule has 1 aliphatic heterocycles. The number of nitrogens with zero attached hydrogens (tertiary/aromatic N) is 2. The zero-order valence-electron chi connectivity index (χ0n) is 16.5. The Balaban J connectivity index is 2.03. The third-order valence-corrected chi connectivity index (χ3v) is 4.59. The number of rotatable bonds is 8. The minimum Gasteiger partial charge on any atom is -0.433 e. The van der Waals surface area contributed by atoms with Crippen molar-refractivity contribution in [3.8, 4) is 5.75 Å². The molecule has 28 heavy (non-hydrogen) atoms. The van der Waals surface area contributed by atoms with E-state index >= 15 is 0 Å². The quantitative estimate of drug-likeness (QED) is 0.461. The zero-order valence-corrected chi connectivity index (χ0v) is 16.5. The van der Waals surface area contributed by atoms with E-state index in [1.165, 1.54) is 0 Å². The third kappa shape index (κ3) is 5.97. The Morgan fingerprint density at radius 2 is 2.14 bits per heavy atom. The lowest BCUT2D eigenvalue weighted by Crippen LogP contribution is -2.45. The number of para-hydroxylation sites is 2. The van der Waals surface area contributed by atoms with Crippen molar-refractivity contribution in [1.82, 2.24) is 10.6 Å². The monoisotopic (exact) mass is 397 g/mol. The Labute approximate surface area is 164 Å². The molecule has 1 aromatic carbocycles. The first kappa shape index (κ1) is 21.7. The molecule has 0 aromatic heterocycles. The van der Waals surface area contributed by atoms with Crippen LogP contribution in [0, 0.1) is 5.41 Å². The largest absolute Gasteiger partial charge is 0.433 e. The van der Waals surface area contributed by atoms with Crippen molar-refractivity contribution < 1.29 is 18.3 Å². The van der Waals surface area contributed by atoms with Gasteiger partial charge in [-0.1, -0.05) is 12.1 Å². The molecule has 9 heteroatoms. The van der Waals surface area contributed by atoms with Gasteiger partial charge in [0.15, 0.2) is 5.96 Å². The van der Waals surface area contributed by atoms with E-state index in [4.69, 9.17) is 5.73 Å². The number of hydrogen-bond donors (Lipinski definition) is 3. The molecule has 1 amide bonds. The topological polar surface area (TPSA) is 92.0 Å². The number of carbonyl (C=O) groups is 1. The molecule has 1 atom stereocenters. The number of benzene rings is 1. The summed E-state index contributed by atoms with van der Waals surface area (Å²) >= 11 is 0. The molecule has 0 aliphatic carbocycles. The van der Waals surface area contributed by atoms with Crippen molar-refractivity contribution in [2.45, 2.75) is 39.8 Å². The highest BCUT2D eigenvalue weighted by molar-refractivity contribution is 5.83. The summed E-state index contributed by atoms with van der Waals surface area (Å²) in [5, 5.41) is 6.50. The van der Waals surface area contributed by atoms with E-state index in [2.05, 4.69) is 20.4 Å². The lowest BCUT2D eigenvalue weighted by Gasteiger charge is -2.23. The standard InChI is InChI=1S/C19H29F2N5O2/c1-4-23-18(24-12-19(2,3)16(22)27)25-13-9-10-26(11-13)14-7-5-6-8-15(14)28-17(20)21/h5-8,13,17H,4,9-12H2,1-3H3,(H2,22,27)(H2,23,24,25). The normalized spacial score (nSPS) is 17.7. The summed E-state index contributed by atoms with van der Waals surface area (Å²) in [5.41, 5.74) is 5.31. The number of aliphatic imine (C=N–C) groups is 1. The second-order valence-corrected chi connectivity index (χ2v) is 7.37. The van der Waals surface area contributed by atoms with Crippen LogP contribution in [0.25, 0.3) is 0 Å². The van der Waals surface area contributed by atoms with Gasteiger partial charge in [0, 0.05) is 25.7 Å². The van der Waals surface area contributed by atoms with Crippen LogP contribution < -0.4 is 26.0 Å². The first-order chi connectivity index (χ1) is 13.2. The molecule has 2 rings (SSSR count). The van der Waals surface area contributed by atoms with Crippen LogP contribution in [-0.2, 0) is 4.79 Å². The summed E-state index contributed by atoms with van der Waals surface area (Å²) in [6.07, 6.45) is 0.812. The predicted molar refractivity (Wildman–Crippen MR) is 106 cm³/mol. The smallest absolute Gasteiger partial charge is 0.387 e. The van der Waals surface area contributed by atoms with E-state index in [-0.39, 0.29) is 18.3 Å². The molecule has 0 bridgehead atoms. The number of ether oxygens (including phenoxy) is 1. The average molecular weight is 397 g/mol. The summed E-state index contributed by atoms with van der Waals surface area (Å²) in [6, 6.07) is 6.86. The van der Waals surface area contributed by atoms with E-state index in [1.807, 2.05) is 11.8 Å². The van der Waals surface area contributed by atoms with Crippen molar-refractivity contribution in [1.29, 1.82) is 0 Å². The summed E-state index contributed by atoms with van der Waals surface area (Å²) in [6.45, 7) is 4.84. The fraction of sp³-hybridized carbons (Fsp3) is 0.579. The summed E-state index contributed by atoms with van der Waals surface area (Å²) in [5.74, 6) is 0.359. The molecule has 0 saturated carbocycles. The van der Waals surface area contributed by atoms with Gasteiger partial charge in [0.05, 0.1) is 17.6 Å². The lowest BCUT2D eigenvalue weighted by atomic mass is 9.93. The Morgan fingerprint density at radius 1 is 1.43 bits per heavy atom. The second-order valence-electron chi connectivity index (χ2n) is 7.37. The Kier molecular flexibility index (Phi) is 7.42. The van der Waals surface area contributed by atoms with Gasteiger partial charge in [0.1, 0.15) is 5.75 Å². The van der Waals surface area contributed by atoms with E-state index in [1.54, 1.807) is 38.1 Å². The summed E-state index contributed by atoms with van der Waals surface area (Å²) in [4.78, 5) is 18.0. The van der Waals surface area contributed by atoms with Crippen LogP contribution >= 0.6 is 0 Å². The lowest BCUT2D eigenvalue weighted by molar-refractivity contribution is -0.125. The van der Waals surface area contributed by atoms with Crippen molar-refractivity contribution in [3.63, 3.8) is 0 Å². The molecule has 1 saturated heterocycles. The van der Waals surface area contributed by atoms with Gasteiger partial charge in [-0.15, -0.1) is 0 Å². The van der Waals surface area contributed by atoms with Gasteiger partial charge in [-0.3, -0.25) is 9.79 Å². The van der Waals surface area contributed by atoms with E-state index in [9.17, 15) is 13.6 Å². The molecule has 1 unspecified atom stereocenters. The number of amides is 1. The fourth-order valence-electron chi connectivity index (χ4n) is 2.88. The van der Waals surface area contributed by atoms with Gasteiger partial charge in [0.25, 0.3) is 0 Å². The second kappa shape index (κ2) is 9.57. The maximum absolute atomic E-state index is 12.6. The number of guanidine groups is 1. The van der Waals surface area contributed by atoms with Crippen molar-refractivity contribution in [2.75, 3.05) is 31.1 Å². The highest BCUT2D eigenvalue weighted by atomic mass is 19.3. The van der Waals surface area contributed by atoms with Crippen LogP contribution in [0.15, 0.2) is 29.3 Å². The fourth-order valence-corrected chi connectivity index (χ4v) is 2.88. The molecule has 1 fully saturated rings. The molecule has 1 aromatic rings. The summed E-state index contributed by atoms with van der Waals surface area (Å²) < 4.78 is 29.9. The third-order valence-electron chi connectivity index (χ3n) is 4.59. The number of carbonyl (C=O) groups excluding carboxylic acids is 1. The number of alkyl halides is 2. The Hall–Kier alpha value is -2.58. The van der Waals surface area contributed by atoms with Gasteiger partial charge in [-0.2, -0.15) is 8.78 Å². The first-order valence-electron chi connectivity index (χ1n) is 9.36. The SMILES string of the molecule is CCNC(=NCC(C)(C)C(N)=O)NC1CCN(c2ccccc2OC(F)F)C1. The number of nitrogens with two attached hydrogens (primary N) is 1. The van der Waals surface area contributed by atoms with Crippen molar-refractivity contribution in [3.05, 3.63) is 24.3 Å². The number of hydrogen-bond acceptors (Lipinski definition) is 4. The predicted octanol–water partition coefficient (Wildman–Crippen LogP) is 1.93. The Bertz CT molecular complexity index is 697. The number of halogens is 2. The van der Waals surface area contributed by atoms with Crippen LogP contribution in [0.4, 0.5) is 14.5 Å². The number of nitrogens with one attached hydrogen (secondary N) is 2. The van der Waals surface area contributed by atoms with Gasteiger partial charge >= 0.3 is 6.61 Å². The average Bonchev–Trinajstić information content (AvgIpc) is 3.08. The molecule has 0 spiro atoms. The molecular weight excluding hydrogens is 368 g/mol. The molecule has 1 heterocycles. The van der Waals surface area contributed by atoms with Crippen LogP contribution in [0.5, 0.6) is 5.75 Å². The van der Waals surface area contributed by atoms with E-state index < -0.39 is 17.9 Å². The van der Waals surface area contributed by atoms with Gasteiger partial charge in [-0.25, -0.2) is 0 Å². The minimum absolute atomic E-state index is 0.0779. The summed E-state index contributed by atoms with van der Waals surface area (Å²) in [7, 11) is 0. The highest BCUT2D eigenvalue weighted by Gasteiger charge is 2.27. The van der Waals surface area contributed by atoms with Crippen LogP contribution in [0.3, 0.4) is 0 Å². The molecule has 7 nitrogen and oxygen atoms in total. The van der Waals surface area contributed by atoms with Crippen LogP contribution in [0.1, 0.15) is 27.2 Å². The molecule has 156 valence electrons. The number of anilines is 1. The van der Waals surface area contributed by atoms with Gasteiger partial charge < -0.3 is 26.0 Å².